The molecule has 0 radical (unpaired) electrons. The zero-order valence-electron chi connectivity index (χ0n) is 9.62. The molecule has 0 fully saturated rings. The van der Waals surface area contributed by atoms with Gasteiger partial charge in [-0.3, -0.25) is 9.59 Å². The average Bonchev–Trinajstić information content (AvgIpc) is 2.41. The number of nitrogens with one attached hydrogen (secondary N) is 1. The van der Waals surface area contributed by atoms with E-state index in [0.717, 1.165) is 0 Å². The van der Waals surface area contributed by atoms with Gasteiger partial charge in [0.15, 0.2) is 6.10 Å². The minimum atomic E-state index is -2.14. The highest BCUT2D eigenvalue weighted by Gasteiger charge is 2.34. The number of aliphatic hydroxyl groups excluding tert-OH is 5. The van der Waals surface area contributed by atoms with Crippen molar-refractivity contribution in [2.24, 2.45) is 5.11 Å². The maximum atomic E-state index is 11.2. The van der Waals surface area contributed by atoms with E-state index in [2.05, 4.69) is 10.0 Å². The third-order valence-electron chi connectivity index (χ3n) is 2.09. The Morgan fingerprint density at radius 2 is 1.79 bits per heavy atom. The van der Waals surface area contributed by atoms with E-state index in [9.17, 15) is 24.9 Å². The molecule has 0 aliphatic rings. The maximum absolute atomic E-state index is 11.2. The maximum Gasteiger partial charge on any atom is 0.252 e. The smallest absolute Gasteiger partial charge is 0.252 e. The molecule has 0 spiro atoms. The predicted molar refractivity (Wildman–Crippen MR) is 58.3 cm³/mol. The van der Waals surface area contributed by atoms with Crippen LogP contribution in [-0.2, 0) is 9.59 Å². The Labute approximate surface area is 106 Å². The lowest BCUT2D eigenvalue weighted by Crippen LogP contribution is -2.52. The second-order valence-corrected chi connectivity index (χ2v) is 3.48. The van der Waals surface area contributed by atoms with Gasteiger partial charge in [0, 0.05) is 4.91 Å². The molecule has 19 heavy (non-hydrogen) atoms. The molecule has 2 amide bonds. The van der Waals surface area contributed by atoms with Crippen LogP contribution in [-0.4, -0.2) is 74.9 Å². The van der Waals surface area contributed by atoms with Crippen LogP contribution >= 0.6 is 0 Å². The van der Waals surface area contributed by atoms with E-state index in [1.807, 2.05) is 5.32 Å². The number of aliphatic hydroxyl groups is 5. The summed E-state index contributed by atoms with van der Waals surface area (Å²) in [7, 11) is 0. The lowest BCUT2D eigenvalue weighted by Gasteiger charge is -2.24. The van der Waals surface area contributed by atoms with Gasteiger partial charge in [0.2, 0.25) is 5.91 Å². The summed E-state index contributed by atoms with van der Waals surface area (Å²) in [6.07, 6.45) is -7.92. The van der Waals surface area contributed by atoms with Crippen LogP contribution in [0, 0.1) is 0 Å². The number of nitrogens with zero attached hydrogens (tertiary/aromatic N) is 3. The summed E-state index contributed by atoms with van der Waals surface area (Å²) in [6, 6.07) is 0. The number of hydrogen-bond donors (Lipinski definition) is 6. The first-order valence-corrected chi connectivity index (χ1v) is 5.03. The number of carbonyl (C=O) groups excluding carboxylic acids is 2. The molecule has 0 rings (SSSR count). The number of hydrogen-bond acceptors (Lipinski definition) is 7. The molecule has 0 saturated heterocycles. The number of azide groups is 1. The molecular formula is C8H14N4O7. The fourth-order valence-corrected chi connectivity index (χ4v) is 1.03. The highest BCUT2D eigenvalue weighted by atomic mass is 16.4. The standard InChI is InChI=1S/C8H14N4O7/c9-12-11-4(15)1-10-8(19)7(18)6(17)5(16)3(14)2-13/h3,5-7,13-14,16-18H,1-2H2,(H,10,19)/t3-,5-,6+,7-/m1/s1. The van der Waals surface area contributed by atoms with E-state index in [4.69, 9.17) is 15.7 Å². The van der Waals surface area contributed by atoms with E-state index in [-0.39, 0.29) is 0 Å². The second kappa shape index (κ2) is 8.37. The van der Waals surface area contributed by atoms with Crippen molar-refractivity contribution >= 4 is 11.8 Å². The Kier molecular flexibility index (Phi) is 7.60. The topological polar surface area (TPSA) is 196 Å². The van der Waals surface area contributed by atoms with Crippen LogP contribution in [0.25, 0.3) is 10.4 Å². The zero-order chi connectivity index (χ0) is 15.0. The molecule has 0 aromatic rings. The van der Waals surface area contributed by atoms with Crippen LogP contribution in [0.4, 0.5) is 0 Å². The normalized spacial score (nSPS) is 16.7. The van der Waals surface area contributed by atoms with E-state index in [1.54, 1.807) is 0 Å². The molecule has 0 bridgehead atoms. The Hall–Kier alpha value is -1.75. The molecule has 108 valence electrons. The highest BCUT2D eigenvalue weighted by Crippen LogP contribution is 2.05. The predicted octanol–water partition coefficient (Wildman–Crippen LogP) is -3.62. The lowest BCUT2D eigenvalue weighted by atomic mass is 10.0. The van der Waals surface area contributed by atoms with Crippen molar-refractivity contribution in [1.29, 1.82) is 0 Å². The van der Waals surface area contributed by atoms with Gasteiger partial charge >= 0.3 is 0 Å². The fraction of sp³-hybridized carbons (Fsp3) is 0.750. The van der Waals surface area contributed by atoms with Crippen molar-refractivity contribution in [2.75, 3.05) is 13.2 Å². The molecule has 0 heterocycles. The molecule has 0 unspecified atom stereocenters. The number of carbonyl (C=O) groups is 2. The van der Waals surface area contributed by atoms with E-state index in [1.165, 1.54) is 0 Å². The minimum absolute atomic E-state index is 0.703. The van der Waals surface area contributed by atoms with E-state index < -0.39 is 49.4 Å². The van der Waals surface area contributed by atoms with Crippen molar-refractivity contribution in [1.82, 2.24) is 5.32 Å². The van der Waals surface area contributed by atoms with Gasteiger partial charge in [-0.25, -0.2) is 0 Å². The largest absolute Gasteiger partial charge is 0.394 e. The SMILES string of the molecule is [N-]=[N+]=NC(=O)CNC(=O)[C@H](O)[C@@H](O)[C@H](O)[C@H](O)CO. The summed E-state index contributed by atoms with van der Waals surface area (Å²) in [4.78, 5) is 24.1. The van der Waals surface area contributed by atoms with Gasteiger partial charge in [-0.2, -0.15) is 0 Å². The Bertz CT molecular complexity index is 370. The first-order valence-electron chi connectivity index (χ1n) is 5.03. The van der Waals surface area contributed by atoms with Gasteiger partial charge in [0.1, 0.15) is 18.3 Å². The van der Waals surface area contributed by atoms with Crippen LogP contribution in [0.15, 0.2) is 5.11 Å². The van der Waals surface area contributed by atoms with Gasteiger partial charge in [-0.05, 0) is 10.6 Å². The van der Waals surface area contributed by atoms with Crippen molar-refractivity contribution in [3.63, 3.8) is 0 Å². The average molecular weight is 278 g/mol. The Balaban J connectivity index is 4.39. The fourth-order valence-electron chi connectivity index (χ4n) is 1.03. The Morgan fingerprint density at radius 1 is 1.21 bits per heavy atom. The summed E-state index contributed by atoms with van der Waals surface area (Å²) in [6.45, 7) is -1.59. The van der Waals surface area contributed by atoms with Crippen molar-refractivity contribution in [3.05, 3.63) is 10.4 Å². The van der Waals surface area contributed by atoms with Crippen molar-refractivity contribution in [3.8, 4) is 0 Å². The van der Waals surface area contributed by atoms with E-state index in [0.29, 0.717) is 0 Å². The monoisotopic (exact) mass is 278 g/mol. The molecule has 0 aromatic carbocycles. The number of amides is 2. The summed E-state index contributed by atoms with van der Waals surface area (Å²) >= 11 is 0. The molecule has 4 atom stereocenters. The lowest BCUT2D eigenvalue weighted by molar-refractivity contribution is -0.149. The molecule has 0 saturated carbocycles. The molecule has 6 N–H and O–H groups in total. The first kappa shape index (κ1) is 17.2. The van der Waals surface area contributed by atoms with Crippen LogP contribution in [0.5, 0.6) is 0 Å². The number of rotatable bonds is 7. The zero-order valence-corrected chi connectivity index (χ0v) is 9.62. The van der Waals surface area contributed by atoms with Crippen LogP contribution in [0.3, 0.4) is 0 Å². The third kappa shape index (κ3) is 5.61. The highest BCUT2D eigenvalue weighted by molar-refractivity contribution is 5.87. The summed E-state index contributed by atoms with van der Waals surface area (Å²) in [5, 5.41) is 49.9. The molecular weight excluding hydrogens is 264 g/mol. The quantitative estimate of drug-likeness (QED) is 0.157. The molecule has 11 heteroatoms. The van der Waals surface area contributed by atoms with Gasteiger partial charge in [-0.15, -0.1) is 0 Å². The second-order valence-electron chi connectivity index (χ2n) is 3.48. The Morgan fingerprint density at radius 3 is 2.26 bits per heavy atom. The van der Waals surface area contributed by atoms with Crippen LogP contribution in [0.2, 0.25) is 0 Å². The van der Waals surface area contributed by atoms with E-state index >= 15 is 0 Å². The molecule has 0 aliphatic heterocycles. The third-order valence-corrected chi connectivity index (χ3v) is 2.09. The van der Waals surface area contributed by atoms with Crippen molar-refractivity contribution < 1.29 is 35.1 Å². The van der Waals surface area contributed by atoms with Gasteiger partial charge in [0.05, 0.1) is 13.2 Å². The molecule has 11 nitrogen and oxygen atoms in total. The van der Waals surface area contributed by atoms with Gasteiger partial charge < -0.3 is 30.8 Å². The van der Waals surface area contributed by atoms with Crippen molar-refractivity contribution in [2.45, 2.75) is 24.4 Å². The summed E-state index contributed by atoms with van der Waals surface area (Å²) in [5.41, 5.74) is 7.91. The minimum Gasteiger partial charge on any atom is -0.394 e. The van der Waals surface area contributed by atoms with Crippen LogP contribution < -0.4 is 5.32 Å². The summed E-state index contributed by atoms with van der Waals surface area (Å²) in [5.74, 6) is -2.24. The van der Waals surface area contributed by atoms with Gasteiger partial charge in [0.25, 0.3) is 5.91 Å². The van der Waals surface area contributed by atoms with Gasteiger partial charge in [-0.1, -0.05) is 0 Å². The molecule has 0 aromatic heterocycles. The first-order chi connectivity index (χ1) is 8.84. The molecule has 0 aliphatic carbocycles. The van der Waals surface area contributed by atoms with Crippen LogP contribution in [0.1, 0.15) is 0 Å². The summed E-state index contributed by atoms with van der Waals surface area (Å²) < 4.78 is 0.